The summed E-state index contributed by atoms with van der Waals surface area (Å²) in [6.45, 7) is 2.11. The fourth-order valence-corrected chi connectivity index (χ4v) is 2.97. The number of nitrogens with one attached hydrogen (secondary N) is 2. The fourth-order valence-electron chi connectivity index (χ4n) is 2.19. The average Bonchev–Trinajstić information content (AvgIpc) is 3.23. The predicted molar refractivity (Wildman–Crippen MR) is 90.5 cm³/mol. The molecule has 0 atom stereocenters. The highest BCUT2D eigenvalue weighted by Gasteiger charge is 2.17. The van der Waals surface area contributed by atoms with Gasteiger partial charge in [-0.3, -0.25) is 15.2 Å². The molecule has 0 spiro atoms. The fraction of sp³-hybridized carbons (Fsp3) is 0.250. The van der Waals surface area contributed by atoms with Crippen LogP contribution in [0, 0.1) is 5.82 Å². The van der Waals surface area contributed by atoms with Crippen LogP contribution in [-0.2, 0) is 6.42 Å². The molecule has 8 heteroatoms. The maximum atomic E-state index is 13.0. The zero-order valence-corrected chi connectivity index (χ0v) is 13.9. The second-order valence-corrected chi connectivity index (χ2v) is 6.29. The van der Waals surface area contributed by atoms with Gasteiger partial charge in [0.2, 0.25) is 5.13 Å². The molecule has 0 aliphatic carbocycles. The second kappa shape index (κ2) is 7.31. The summed E-state index contributed by atoms with van der Waals surface area (Å²) in [6, 6.07) is 5.85. The number of rotatable bonds is 6. The van der Waals surface area contributed by atoms with Gasteiger partial charge in [0.05, 0.1) is 17.5 Å². The number of amides is 1. The summed E-state index contributed by atoms with van der Waals surface area (Å²) in [7, 11) is 0. The monoisotopic (exact) mass is 345 g/mol. The lowest BCUT2D eigenvalue weighted by molar-refractivity contribution is 0.102. The van der Waals surface area contributed by atoms with E-state index in [1.165, 1.54) is 29.7 Å². The third-order valence-electron chi connectivity index (χ3n) is 3.45. The lowest BCUT2D eigenvalue weighted by Crippen LogP contribution is -2.12. The van der Waals surface area contributed by atoms with Crippen LogP contribution in [-0.4, -0.2) is 26.3 Å². The zero-order chi connectivity index (χ0) is 16.9. The number of aryl methyl sites for hydroxylation is 1. The molecule has 0 radical (unpaired) electrons. The van der Waals surface area contributed by atoms with Crippen molar-refractivity contribution in [2.75, 3.05) is 5.32 Å². The maximum absolute atomic E-state index is 13.0. The van der Waals surface area contributed by atoms with Crippen molar-refractivity contribution in [1.82, 2.24) is 20.4 Å². The first-order chi connectivity index (χ1) is 11.7. The minimum atomic E-state index is -0.335. The van der Waals surface area contributed by atoms with Crippen molar-refractivity contribution in [3.63, 3.8) is 0 Å². The smallest absolute Gasteiger partial charge is 0.261 e. The number of nitrogens with zero attached hydrogens (tertiary/aromatic N) is 3. The summed E-state index contributed by atoms with van der Waals surface area (Å²) < 4.78 is 13.0. The Morgan fingerprint density at radius 1 is 1.29 bits per heavy atom. The van der Waals surface area contributed by atoms with E-state index in [-0.39, 0.29) is 11.7 Å². The van der Waals surface area contributed by atoms with Crippen LogP contribution in [0.5, 0.6) is 0 Å². The summed E-state index contributed by atoms with van der Waals surface area (Å²) >= 11 is 1.37. The lowest BCUT2D eigenvalue weighted by Gasteiger charge is -2.03. The predicted octanol–water partition coefficient (Wildman–Crippen LogP) is 3.66. The Kier molecular flexibility index (Phi) is 4.95. The molecule has 0 unspecified atom stereocenters. The highest BCUT2D eigenvalue weighted by atomic mass is 32.1. The summed E-state index contributed by atoms with van der Waals surface area (Å²) in [6.07, 6.45) is 4.42. The van der Waals surface area contributed by atoms with E-state index in [9.17, 15) is 9.18 Å². The molecule has 124 valence electrons. The molecule has 1 aromatic carbocycles. The van der Waals surface area contributed by atoms with Crippen molar-refractivity contribution in [3.8, 4) is 11.3 Å². The van der Waals surface area contributed by atoms with Crippen molar-refractivity contribution in [3.05, 3.63) is 46.9 Å². The van der Waals surface area contributed by atoms with Gasteiger partial charge in [0.15, 0.2) is 0 Å². The van der Waals surface area contributed by atoms with Gasteiger partial charge < -0.3 is 0 Å². The largest absolute Gasteiger partial charge is 0.296 e. The van der Waals surface area contributed by atoms with Gasteiger partial charge in [-0.2, -0.15) is 5.10 Å². The van der Waals surface area contributed by atoms with Gasteiger partial charge in [-0.1, -0.05) is 24.7 Å². The minimum absolute atomic E-state index is 0.332. The first-order valence-corrected chi connectivity index (χ1v) is 8.42. The molecule has 0 aliphatic heterocycles. The molecule has 0 fully saturated rings. The maximum Gasteiger partial charge on any atom is 0.261 e. The van der Waals surface area contributed by atoms with Crippen LogP contribution in [0.1, 0.15) is 35.1 Å². The lowest BCUT2D eigenvalue weighted by atomic mass is 10.1. The van der Waals surface area contributed by atoms with Crippen LogP contribution in [0.25, 0.3) is 11.3 Å². The summed E-state index contributed by atoms with van der Waals surface area (Å²) in [5, 5.41) is 18.8. The Morgan fingerprint density at radius 3 is 2.83 bits per heavy atom. The minimum Gasteiger partial charge on any atom is -0.296 e. The quantitative estimate of drug-likeness (QED) is 0.714. The number of hydrogen-bond donors (Lipinski definition) is 2. The molecule has 0 aliphatic rings. The number of carbonyl (C=O) groups excluding carboxylic acids is 1. The molecular formula is C16H16FN5OS. The topological polar surface area (TPSA) is 83.6 Å². The zero-order valence-electron chi connectivity index (χ0n) is 13.0. The second-order valence-electron chi connectivity index (χ2n) is 5.22. The first kappa shape index (κ1) is 16.3. The van der Waals surface area contributed by atoms with Crippen LogP contribution in [0.3, 0.4) is 0 Å². The number of benzene rings is 1. The molecule has 1 amide bonds. The molecule has 3 rings (SSSR count). The van der Waals surface area contributed by atoms with E-state index in [0.717, 1.165) is 24.3 Å². The number of unbranched alkanes of at least 4 members (excludes halogenated alkanes) is 1. The van der Waals surface area contributed by atoms with Gasteiger partial charge in [-0.15, -0.1) is 10.2 Å². The van der Waals surface area contributed by atoms with Crippen LogP contribution < -0.4 is 5.32 Å². The number of H-pyrrole nitrogens is 1. The van der Waals surface area contributed by atoms with Gasteiger partial charge in [-0.25, -0.2) is 4.39 Å². The van der Waals surface area contributed by atoms with Crippen LogP contribution in [0.4, 0.5) is 9.52 Å². The van der Waals surface area contributed by atoms with Gasteiger partial charge in [-0.05, 0) is 30.7 Å². The normalized spacial score (nSPS) is 10.8. The van der Waals surface area contributed by atoms with Crippen LogP contribution >= 0.6 is 11.3 Å². The number of aromatic nitrogens is 4. The Bertz CT molecular complexity index is 827. The van der Waals surface area contributed by atoms with Gasteiger partial charge in [0.25, 0.3) is 5.91 Å². The molecule has 0 saturated carbocycles. The first-order valence-electron chi connectivity index (χ1n) is 7.60. The van der Waals surface area contributed by atoms with Crippen LogP contribution in [0.15, 0.2) is 30.5 Å². The number of aromatic amines is 1. The molecule has 6 nitrogen and oxygen atoms in total. The Morgan fingerprint density at radius 2 is 2.08 bits per heavy atom. The summed E-state index contributed by atoms with van der Waals surface area (Å²) in [5.41, 5.74) is 1.58. The Balaban J connectivity index is 1.75. The van der Waals surface area contributed by atoms with E-state index in [1.54, 1.807) is 12.1 Å². The van der Waals surface area contributed by atoms with E-state index < -0.39 is 0 Å². The van der Waals surface area contributed by atoms with Gasteiger partial charge in [0, 0.05) is 12.0 Å². The number of carbonyl (C=O) groups is 1. The highest BCUT2D eigenvalue weighted by Crippen LogP contribution is 2.23. The summed E-state index contributed by atoms with van der Waals surface area (Å²) in [5.74, 6) is -0.668. The van der Waals surface area contributed by atoms with Crippen molar-refractivity contribution in [2.24, 2.45) is 0 Å². The average molecular weight is 345 g/mol. The van der Waals surface area contributed by atoms with E-state index in [4.69, 9.17) is 0 Å². The Hall–Kier alpha value is -2.61. The molecule has 2 N–H and O–H groups in total. The number of hydrogen-bond acceptors (Lipinski definition) is 5. The molecule has 3 aromatic rings. The van der Waals surface area contributed by atoms with E-state index in [1.807, 2.05) is 0 Å². The molecule has 24 heavy (non-hydrogen) atoms. The molecule has 2 heterocycles. The SMILES string of the molecule is CCCCc1nnc(NC(=O)c2cn[nH]c2-c2ccc(F)cc2)s1. The van der Waals surface area contributed by atoms with E-state index in [2.05, 4.69) is 32.6 Å². The van der Waals surface area contributed by atoms with E-state index in [0.29, 0.717) is 22.0 Å². The molecule has 0 saturated heterocycles. The number of halogens is 1. The molecular weight excluding hydrogens is 329 g/mol. The van der Waals surface area contributed by atoms with Gasteiger partial charge >= 0.3 is 0 Å². The van der Waals surface area contributed by atoms with Crippen molar-refractivity contribution < 1.29 is 9.18 Å². The van der Waals surface area contributed by atoms with Gasteiger partial charge in [0.1, 0.15) is 10.8 Å². The highest BCUT2D eigenvalue weighted by molar-refractivity contribution is 7.15. The molecule has 0 bridgehead atoms. The molecule has 2 aromatic heterocycles. The van der Waals surface area contributed by atoms with Crippen molar-refractivity contribution in [1.29, 1.82) is 0 Å². The Labute approximate surface area is 142 Å². The van der Waals surface area contributed by atoms with Crippen LogP contribution in [0.2, 0.25) is 0 Å². The van der Waals surface area contributed by atoms with Crippen molar-refractivity contribution in [2.45, 2.75) is 26.2 Å². The van der Waals surface area contributed by atoms with E-state index >= 15 is 0 Å². The standard InChI is InChI=1S/C16H16FN5OS/c1-2-3-4-13-20-22-16(24-13)19-15(23)12-9-18-21-14(12)10-5-7-11(17)8-6-10/h5-9H,2-4H2,1H3,(H,18,21)(H,19,22,23). The van der Waals surface area contributed by atoms with Crippen molar-refractivity contribution >= 4 is 22.4 Å². The third kappa shape index (κ3) is 3.65. The number of anilines is 1. The summed E-state index contributed by atoms with van der Waals surface area (Å²) in [4.78, 5) is 12.5. The third-order valence-corrected chi connectivity index (χ3v) is 4.35.